The summed E-state index contributed by atoms with van der Waals surface area (Å²) in [5.74, 6) is -0.500. The molecule has 2 aliphatic rings. The summed E-state index contributed by atoms with van der Waals surface area (Å²) in [5.41, 5.74) is 0.641. The summed E-state index contributed by atoms with van der Waals surface area (Å²) in [4.78, 5) is 28.3. The van der Waals surface area contributed by atoms with Crippen LogP contribution in [0.3, 0.4) is 0 Å². The van der Waals surface area contributed by atoms with Crippen LogP contribution in [-0.4, -0.2) is 80.6 Å². The fourth-order valence-corrected chi connectivity index (χ4v) is 3.36. The van der Waals surface area contributed by atoms with Crippen molar-refractivity contribution in [3.63, 3.8) is 0 Å². The Morgan fingerprint density at radius 3 is 2.85 bits per heavy atom. The van der Waals surface area contributed by atoms with E-state index in [-0.39, 0.29) is 17.6 Å². The second-order valence-corrected chi connectivity index (χ2v) is 6.52. The van der Waals surface area contributed by atoms with Gasteiger partial charge in [0.15, 0.2) is 0 Å². The molecule has 1 unspecified atom stereocenters. The Hall–Kier alpha value is -2.03. The van der Waals surface area contributed by atoms with Gasteiger partial charge in [0.25, 0.3) is 0 Å². The number of carbonyl (C=O) groups excluding carboxylic acids is 2. The molecule has 0 bridgehead atoms. The first-order valence-corrected chi connectivity index (χ1v) is 8.97. The van der Waals surface area contributed by atoms with E-state index in [1.807, 2.05) is 9.80 Å². The van der Waals surface area contributed by atoms with Gasteiger partial charge in [-0.15, -0.1) is 0 Å². The molecule has 2 amide bonds. The van der Waals surface area contributed by atoms with E-state index in [4.69, 9.17) is 4.74 Å². The molecule has 3 rings (SSSR count). The fourth-order valence-electron chi connectivity index (χ4n) is 3.36. The maximum atomic E-state index is 13.7. The standard InChI is InChI=1S/C18H25FN4O3/c19-15-3-1-2-14(12-15)17(23-8-10-26-11-9-23)18(25)21-5-7-22-6-4-20-16(24)13-22/h1-3,12,17H,4-11,13H2,(H,20,24)(H,21,25). The van der Waals surface area contributed by atoms with Crippen LogP contribution in [0.25, 0.3) is 0 Å². The van der Waals surface area contributed by atoms with E-state index in [9.17, 15) is 14.0 Å². The summed E-state index contributed by atoms with van der Waals surface area (Å²) in [6.45, 7) is 5.18. The zero-order valence-electron chi connectivity index (χ0n) is 14.7. The molecule has 0 saturated carbocycles. The lowest BCUT2D eigenvalue weighted by molar-refractivity contribution is -0.128. The van der Waals surface area contributed by atoms with Gasteiger partial charge in [-0.2, -0.15) is 0 Å². The van der Waals surface area contributed by atoms with Gasteiger partial charge in [-0.05, 0) is 17.7 Å². The number of hydrogen-bond donors (Lipinski definition) is 2. The average molecular weight is 364 g/mol. The normalized spacial score (nSPS) is 20.4. The quantitative estimate of drug-likeness (QED) is 0.728. The zero-order chi connectivity index (χ0) is 18.4. The van der Waals surface area contributed by atoms with E-state index in [0.29, 0.717) is 58.0 Å². The molecule has 142 valence electrons. The Bertz CT molecular complexity index is 637. The molecule has 1 aromatic rings. The summed E-state index contributed by atoms with van der Waals surface area (Å²) >= 11 is 0. The molecule has 2 aliphatic heterocycles. The Balaban J connectivity index is 1.61. The van der Waals surface area contributed by atoms with E-state index in [1.165, 1.54) is 12.1 Å². The van der Waals surface area contributed by atoms with Crippen molar-refractivity contribution in [2.45, 2.75) is 6.04 Å². The number of carbonyl (C=O) groups is 2. The fraction of sp³-hybridized carbons (Fsp3) is 0.556. The van der Waals surface area contributed by atoms with Gasteiger partial charge in [-0.25, -0.2) is 4.39 Å². The second kappa shape index (κ2) is 9.07. The highest BCUT2D eigenvalue weighted by Crippen LogP contribution is 2.23. The van der Waals surface area contributed by atoms with Crippen LogP contribution in [0.4, 0.5) is 4.39 Å². The van der Waals surface area contributed by atoms with Crippen LogP contribution in [0.5, 0.6) is 0 Å². The van der Waals surface area contributed by atoms with Crippen molar-refractivity contribution >= 4 is 11.8 Å². The van der Waals surface area contributed by atoms with Crippen molar-refractivity contribution < 1.29 is 18.7 Å². The van der Waals surface area contributed by atoms with E-state index in [0.717, 1.165) is 6.54 Å². The van der Waals surface area contributed by atoms with Crippen LogP contribution in [0.2, 0.25) is 0 Å². The number of halogens is 1. The van der Waals surface area contributed by atoms with Crippen molar-refractivity contribution in [3.05, 3.63) is 35.6 Å². The molecular weight excluding hydrogens is 339 g/mol. The summed E-state index contributed by atoms with van der Waals surface area (Å²) in [7, 11) is 0. The lowest BCUT2D eigenvalue weighted by Crippen LogP contribution is -2.50. The SMILES string of the molecule is O=C1CN(CCNC(=O)C(c2cccc(F)c2)N2CCOCC2)CCN1. The average Bonchev–Trinajstić information content (AvgIpc) is 2.63. The lowest BCUT2D eigenvalue weighted by Gasteiger charge is -2.34. The van der Waals surface area contributed by atoms with Crippen molar-refractivity contribution in [1.82, 2.24) is 20.4 Å². The number of hydrogen-bond acceptors (Lipinski definition) is 5. The van der Waals surface area contributed by atoms with Crippen LogP contribution in [0.15, 0.2) is 24.3 Å². The van der Waals surface area contributed by atoms with Gasteiger partial charge in [0, 0.05) is 39.3 Å². The van der Waals surface area contributed by atoms with Gasteiger partial charge in [0.05, 0.1) is 19.8 Å². The first-order valence-electron chi connectivity index (χ1n) is 8.97. The first-order chi connectivity index (χ1) is 12.6. The Labute approximate surface area is 152 Å². The molecule has 2 saturated heterocycles. The lowest BCUT2D eigenvalue weighted by atomic mass is 10.0. The third-order valence-electron chi connectivity index (χ3n) is 4.67. The number of nitrogens with one attached hydrogen (secondary N) is 2. The predicted octanol–water partition coefficient (Wildman–Crippen LogP) is -0.253. The number of piperazine rings is 1. The third-order valence-corrected chi connectivity index (χ3v) is 4.67. The van der Waals surface area contributed by atoms with E-state index >= 15 is 0 Å². The number of morpholine rings is 1. The van der Waals surface area contributed by atoms with Crippen molar-refractivity contribution in [2.24, 2.45) is 0 Å². The first kappa shape index (κ1) is 18.8. The molecule has 2 heterocycles. The van der Waals surface area contributed by atoms with E-state index in [2.05, 4.69) is 10.6 Å². The van der Waals surface area contributed by atoms with Gasteiger partial charge >= 0.3 is 0 Å². The van der Waals surface area contributed by atoms with Crippen LogP contribution in [-0.2, 0) is 14.3 Å². The highest BCUT2D eigenvalue weighted by Gasteiger charge is 2.29. The van der Waals surface area contributed by atoms with Crippen LogP contribution in [0, 0.1) is 5.82 Å². The minimum Gasteiger partial charge on any atom is -0.379 e. The highest BCUT2D eigenvalue weighted by atomic mass is 19.1. The Kier molecular flexibility index (Phi) is 6.54. The molecule has 0 radical (unpaired) electrons. The molecule has 0 aliphatic carbocycles. The Morgan fingerprint density at radius 2 is 2.12 bits per heavy atom. The minimum absolute atomic E-state index is 0.00790. The van der Waals surface area contributed by atoms with Gasteiger partial charge in [0.2, 0.25) is 11.8 Å². The van der Waals surface area contributed by atoms with Gasteiger partial charge in [0.1, 0.15) is 11.9 Å². The smallest absolute Gasteiger partial charge is 0.242 e. The number of nitrogens with zero attached hydrogens (tertiary/aromatic N) is 2. The minimum atomic E-state index is -0.542. The van der Waals surface area contributed by atoms with E-state index in [1.54, 1.807) is 12.1 Å². The molecule has 2 N–H and O–H groups in total. The van der Waals surface area contributed by atoms with Crippen molar-refractivity contribution in [3.8, 4) is 0 Å². The molecule has 26 heavy (non-hydrogen) atoms. The van der Waals surface area contributed by atoms with Gasteiger partial charge in [-0.1, -0.05) is 12.1 Å². The second-order valence-electron chi connectivity index (χ2n) is 6.52. The number of amides is 2. The highest BCUT2D eigenvalue weighted by molar-refractivity contribution is 5.83. The zero-order valence-corrected chi connectivity index (χ0v) is 14.7. The predicted molar refractivity (Wildman–Crippen MR) is 94.0 cm³/mol. The number of rotatable bonds is 6. The molecule has 1 aromatic carbocycles. The van der Waals surface area contributed by atoms with Crippen molar-refractivity contribution in [1.29, 1.82) is 0 Å². The monoisotopic (exact) mass is 364 g/mol. The van der Waals surface area contributed by atoms with Crippen LogP contribution in [0.1, 0.15) is 11.6 Å². The molecule has 7 nitrogen and oxygen atoms in total. The molecular formula is C18H25FN4O3. The topological polar surface area (TPSA) is 73.9 Å². The molecule has 2 fully saturated rings. The molecule has 1 atom stereocenters. The molecule has 0 aromatic heterocycles. The summed E-state index contributed by atoms with van der Waals surface area (Å²) in [6.07, 6.45) is 0. The van der Waals surface area contributed by atoms with Gasteiger partial charge < -0.3 is 15.4 Å². The van der Waals surface area contributed by atoms with Gasteiger partial charge in [-0.3, -0.25) is 19.4 Å². The number of ether oxygens (including phenoxy) is 1. The maximum absolute atomic E-state index is 13.7. The third kappa shape index (κ3) is 5.00. The summed E-state index contributed by atoms with van der Waals surface area (Å²) in [5, 5.41) is 5.72. The van der Waals surface area contributed by atoms with Crippen molar-refractivity contribution in [2.75, 3.05) is 59.0 Å². The van der Waals surface area contributed by atoms with E-state index < -0.39 is 6.04 Å². The molecule has 8 heteroatoms. The number of benzene rings is 1. The van der Waals surface area contributed by atoms with Crippen LogP contribution < -0.4 is 10.6 Å². The summed E-state index contributed by atoms with van der Waals surface area (Å²) < 4.78 is 19.0. The Morgan fingerprint density at radius 1 is 1.31 bits per heavy atom. The maximum Gasteiger partial charge on any atom is 0.242 e. The largest absolute Gasteiger partial charge is 0.379 e. The summed E-state index contributed by atoms with van der Waals surface area (Å²) in [6, 6.07) is 5.64. The molecule has 0 spiro atoms. The van der Waals surface area contributed by atoms with Crippen LogP contribution >= 0.6 is 0 Å².